The molecule has 1 heterocycles. The van der Waals surface area contributed by atoms with Gasteiger partial charge >= 0.3 is 0 Å². The van der Waals surface area contributed by atoms with Gasteiger partial charge in [0.15, 0.2) is 0 Å². The van der Waals surface area contributed by atoms with E-state index < -0.39 is 0 Å². The van der Waals surface area contributed by atoms with Crippen LogP contribution in [0.15, 0.2) is 30.3 Å². The molecule has 1 aromatic carbocycles. The third-order valence-electron chi connectivity index (χ3n) is 4.43. The monoisotopic (exact) mass is 293 g/mol. The van der Waals surface area contributed by atoms with E-state index in [9.17, 15) is 0 Å². The van der Waals surface area contributed by atoms with E-state index in [2.05, 4.69) is 51.2 Å². The lowest BCUT2D eigenvalue weighted by Crippen LogP contribution is -2.35. The Morgan fingerprint density at radius 2 is 2.06 bits per heavy atom. The fourth-order valence-electron chi connectivity index (χ4n) is 3.50. The number of hydrogen-bond acceptors (Lipinski definition) is 1. The number of alkyl halides is 1. The van der Waals surface area contributed by atoms with Gasteiger partial charge in [-0.2, -0.15) is 0 Å². The summed E-state index contributed by atoms with van der Waals surface area (Å²) in [5.74, 6) is 1.65. The second-order valence-corrected chi connectivity index (χ2v) is 6.20. The van der Waals surface area contributed by atoms with Crippen LogP contribution in [0.2, 0.25) is 0 Å². The van der Waals surface area contributed by atoms with Crippen LogP contribution >= 0.6 is 15.9 Å². The second-order valence-electron chi connectivity index (χ2n) is 5.55. The lowest BCUT2D eigenvalue weighted by atomic mass is 9.99. The molecule has 1 saturated carbocycles. The Hall–Kier alpha value is -0.340. The Morgan fingerprint density at radius 3 is 2.65 bits per heavy atom. The largest absolute Gasteiger partial charge is 0.299 e. The number of piperidine rings is 1. The predicted octanol–water partition coefficient (Wildman–Crippen LogP) is 3.65. The fraction of sp³-hybridized carbons (Fsp3) is 0.600. The number of fused-ring (bicyclic) bond motifs is 2. The quantitative estimate of drug-likeness (QED) is 0.766. The van der Waals surface area contributed by atoms with Gasteiger partial charge in [0.25, 0.3) is 0 Å². The molecule has 17 heavy (non-hydrogen) atoms. The number of benzene rings is 1. The number of halogens is 1. The van der Waals surface area contributed by atoms with Crippen molar-refractivity contribution in [3.8, 4) is 0 Å². The van der Waals surface area contributed by atoms with Crippen LogP contribution in [-0.4, -0.2) is 29.4 Å². The summed E-state index contributed by atoms with van der Waals surface area (Å²) in [6.07, 6.45) is 4.38. The number of likely N-dealkylation sites (tertiary alicyclic amines) is 1. The zero-order chi connectivity index (χ0) is 11.7. The summed E-state index contributed by atoms with van der Waals surface area (Å²) in [6.45, 7) is 2.58. The third-order valence-corrected chi connectivity index (χ3v) is 5.22. The molecule has 0 aromatic heterocycles. The van der Waals surface area contributed by atoms with E-state index >= 15 is 0 Å². The van der Waals surface area contributed by atoms with Gasteiger partial charge in [-0.15, -0.1) is 0 Å². The normalized spacial score (nSPS) is 29.7. The van der Waals surface area contributed by atoms with Gasteiger partial charge in [-0.05, 0) is 30.7 Å². The van der Waals surface area contributed by atoms with Crippen molar-refractivity contribution in [1.29, 1.82) is 0 Å². The fourth-order valence-corrected chi connectivity index (χ4v) is 4.08. The summed E-state index contributed by atoms with van der Waals surface area (Å²) < 4.78 is 0. The lowest BCUT2D eigenvalue weighted by Gasteiger charge is -2.30. The highest BCUT2D eigenvalue weighted by atomic mass is 79.9. The molecule has 0 N–H and O–H groups in total. The molecule has 2 aliphatic rings. The molecule has 1 aliphatic carbocycles. The molecule has 0 spiro atoms. The minimum atomic E-state index is 0.649. The SMILES string of the molecule is BrCC(CN1CC2CCC1C2)c1ccccc1. The highest BCUT2D eigenvalue weighted by Gasteiger charge is 2.38. The zero-order valence-corrected chi connectivity index (χ0v) is 11.8. The van der Waals surface area contributed by atoms with Crippen molar-refractivity contribution in [2.75, 3.05) is 18.4 Å². The van der Waals surface area contributed by atoms with E-state index in [1.807, 2.05) is 0 Å². The number of rotatable bonds is 4. The van der Waals surface area contributed by atoms with Crippen molar-refractivity contribution < 1.29 is 0 Å². The molecule has 92 valence electrons. The van der Waals surface area contributed by atoms with Crippen LogP contribution in [0.1, 0.15) is 30.7 Å². The van der Waals surface area contributed by atoms with Gasteiger partial charge in [-0.1, -0.05) is 46.3 Å². The van der Waals surface area contributed by atoms with Gasteiger partial charge in [0, 0.05) is 30.4 Å². The summed E-state index contributed by atoms with van der Waals surface area (Å²) in [5, 5.41) is 1.07. The van der Waals surface area contributed by atoms with Gasteiger partial charge in [-0.3, -0.25) is 4.90 Å². The number of nitrogens with zero attached hydrogens (tertiary/aromatic N) is 1. The molecule has 1 saturated heterocycles. The van der Waals surface area contributed by atoms with Crippen molar-refractivity contribution >= 4 is 15.9 Å². The van der Waals surface area contributed by atoms with Gasteiger partial charge in [0.05, 0.1) is 0 Å². The molecule has 3 unspecified atom stereocenters. The van der Waals surface area contributed by atoms with Crippen LogP contribution in [0.25, 0.3) is 0 Å². The van der Waals surface area contributed by atoms with Crippen molar-refractivity contribution in [2.45, 2.75) is 31.2 Å². The molecule has 0 amide bonds. The van der Waals surface area contributed by atoms with Gasteiger partial charge in [-0.25, -0.2) is 0 Å². The zero-order valence-electron chi connectivity index (χ0n) is 10.2. The molecule has 3 atom stereocenters. The highest BCUT2D eigenvalue weighted by Crippen LogP contribution is 2.38. The first-order chi connectivity index (χ1) is 8.36. The predicted molar refractivity (Wildman–Crippen MR) is 75.7 cm³/mol. The van der Waals surface area contributed by atoms with Crippen LogP contribution in [0.3, 0.4) is 0 Å². The van der Waals surface area contributed by atoms with Gasteiger partial charge < -0.3 is 0 Å². The molecular weight excluding hydrogens is 274 g/mol. The Morgan fingerprint density at radius 1 is 1.24 bits per heavy atom. The average molecular weight is 294 g/mol. The molecule has 2 heteroatoms. The first kappa shape index (κ1) is 11.7. The summed E-state index contributed by atoms with van der Waals surface area (Å²) >= 11 is 3.69. The van der Waals surface area contributed by atoms with Crippen LogP contribution in [0, 0.1) is 5.92 Å². The maximum Gasteiger partial charge on any atom is 0.0112 e. The average Bonchev–Trinajstić information content (AvgIpc) is 2.99. The first-order valence-electron chi connectivity index (χ1n) is 6.72. The molecule has 1 nitrogen and oxygen atoms in total. The van der Waals surface area contributed by atoms with Crippen LogP contribution in [-0.2, 0) is 0 Å². The van der Waals surface area contributed by atoms with E-state index in [0.717, 1.165) is 17.3 Å². The van der Waals surface area contributed by atoms with E-state index in [1.54, 1.807) is 0 Å². The summed E-state index contributed by atoms with van der Waals surface area (Å²) in [4.78, 5) is 2.73. The van der Waals surface area contributed by atoms with E-state index in [-0.39, 0.29) is 0 Å². The van der Waals surface area contributed by atoms with Gasteiger partial charge in [0.1, 0.15) is 0 Å². The van der Waals surface area contributed by atoms with Crippen LogP contribution < -0.4 is 0 Å². The topological polar surface area (TPSA) is 3.24 Å². The molecule has 0 radical (unpaired) electrons. The lowest BCUT2D eigenvalue weighted by molar-refractivity contribution is 0.205. The third kappa shape index (κ3) is 2.43. The summed E-state index contributed by atoms with van der Waals surface area (Å²) in [7, 11) is 0. The molecule has 1 aliphatic heterocycles. The minimum Gasteiger partial charge on any atom is -0.299 e. The van der Waals surface area contributed by atoms with Crippen molar-refractivity contribution in [1.82, 2.24) is 4.90 Å². The van der Waals surface area contributed by atoms with E-state index in [0.29, 0.717) is 5.92 Å². The number of hydrogen-bond donors (Lipinski definition) is 0. The molecular formula is C15H20BrN. The second kappa shape index (κ2) is 5.11. The molecule has 2 bridgehead atoms. The van der Waals surface area contributed by atoms with Crippen molar-refractivity contribution in [3.05, 3.63) is 35.9 Å². The Kier molecular flexibility index (Phi) is 3.53. The summed E-state index contributed by atoms with van der Waals surface area (Å²) in [5.41, 5.74) is 1.48. The van der Waals surface area contributed by atoms with Gasteiger partial charge in [0.2, 0.25) is 0 Å². The first-order valence-corrected chi connectivity index (χ1v) is 7.84. The van der Waals surface area contributed by atoms with E-state index in [4.69, 9.17) is 0 Å². The molecule has 3 rings (SSSR count). The van der Waals surface area contributed by atoms with Crippen LogP contribution in [0.5, 0.6) is 0 Å². The maximum absolute atomic E-state index is 3.69. The molecule has 1 aromatic rings. The Balaban J connectivity index is 1.67. The summed E-state index contributed by atoms with van der Waals surface area (Å²) in [6, 6.07) is 11.8. The molecule has 2 fully saturated rings. The maximum atomic E-state index is 3.69. The van der Waals surface area contributed by atoms with Crippen molar-refractivity contribution in [3.63, 3.8) is 0 Å². The standard InChI is InChI=1S/C15H20BrN/c16-9-14(13-4-2-1-3-5-13)11-17-10-12-6-7-15(17)8-12/h1-5,12,14-15H,6-11H2. The Bertz CT molecular complexity index is 364. The van der Waals surface area contributed by atoms with E-state index in [1.165, 1.54) is 37.9 Å². The highest BCUT2D eigenvalue weighted by molar-refractivity contribution is 9.09. The Labute approximate surface area is 112 Å². The minimum absolute atomic E-state index is 0.649. The van der Waals surface area contributed by atoms with Crippen molar-refractivity contribution in [2.24, 2.45) is 5.92 Å². The smallest absolute Gasteiger partial charge is 0.0112 e. The van der Waals surface area contributed by atoms with Crippen LogP contribution in [0.4, 0.5) is 0 Å².